The van der Waals surface area contributed by atoms with Crippen LogP contribution in [-0.2, 0) is 9.53 Å². The second-order valence-electron chi connectivity index (χ2n) is 6.44. The van der Waals surface area contributed by atoms with Gasteiger partial charge >= 0.3 is 12.1 Å². The summed E-state index contributed by atoms with van der Waals surface area (Å²) in [7, 11) is 1.36. The zero-order valence-corrected chi connectivity index (χ0v) is 12.5. The number of hydrogen-bond acceptors (Lipinski definition) is 3. The first-order valence-electron chi connectivity index (χ1n) is 6.78. The van der Waals surface area contributed by atoms with Gasteiger partial charge in [-0.05, 0) is 46.0 Å². The van der Waals surface area contributed by atoms with Crippen LogP contribution in [0.5, 0.6) is 0 Å². The van der Waals surface area contributed by atoms with Gasteiger partial charge in [0, 0.05) is 11.6 Å². The number of carbonyl (C=O) groups excluding carboxylic acids is 1. The zero-order valence-electron chi connectivity index (χ0n) is 12.5. The molecule has 0 aliphatic heterocycles. The van der Waals surface area contributed by atoms with Gasteiger partial charge in [-0.2, -0.15) is 0 Å². The van der Waals surface area contributed by atoms with Crippen LogP contribution in [0.15, 0.2) is 0 Å². The average Bonchev–Trinajstić information content (AvgIpc) is 2.28. The molecule has 1 aliphatic rings. The quantitative estimate of drug-likeness (QED) is 0.784. The lowest BCUT2D eigenvalue weighted by atomic mass is 9.77. The Morgan fingerprint density at radius 3 is 2.26 bits per heavy atom. The molecule has 0 heterocycles. The Balaban J connectivity index is 3.04. The van der Waals surface area contributed by atoms with E-state index in [1.54, 1.807) is 0 Å². The van der Waals surface area contributed by atoms with E-state index in [4.69, 9.17) is 4.74 Å². The number of amides is 1. The maximum atomic E-state index is 11.9. The molecule has 5 heteroatoms. The Morgan fingerprint density at radius 1 is 1.26 bits per heavy atom. The SMILES string of the molecule is COC(=O)C1CC(C)CCC1N(C(=O)O)C(C)(C)C. The van der Waals surface area contributed by atoms with Gasteiger partial charge in [-0.25, -0.2) is 4.79 Å². The number of methoxy groups -OCH3 is 1. The highest BCUT2D eigenvalue weighted by Crippen LogP contribution is 2.36. The molecule has 1 saturated carbocycles. The Labute approximate surface area is 114 Å². The van der Waals surface area contributed by atoms with Crippen molar-refractivity contribution in [2.45, 2.75) is 58.5 Å². The van der Waals surface area contributed by atoms with Crippen LogP contribution in [0.4, 0.5) is 4.79 Å². The van der Waals surface area contributed by atoms with Crippen LogP contribution < -0.4 is 0 Å². The first-order valence-corrected chi connectivity index (χ1v) is 6.78. The maximum Gasteiger partial charge on any atom is 0.408 e. The van der Waals surface area contributed by atoms with Crippen molar-refractivity contribution in [3.63, 3.8) is 0 Å². The minimum atomic E-state index is -0.971. The van der Waals surface area contributed by atoms with Gasteiger partial charge < -0.3 is 9.84 Å². The molecule has 1 rings (SSSR count). The van der Waals surface area contributed by atoms with E-state index >= 15 is 0 Å². The van der Waals surface area contributed by atoms with Crippen LogP contribution in [0.1, 0.15) is 47.0 Å². The highest BCUT2D eigenvalue weighted by atomic mass is 16.5. The zero-order chi connectivity index (χ0) is 14.8. The summed E-state index contributed by atoms with van der Waals surface area (Å²) in [6, 6.07) is -0.291. The molecule has 0 aromatic carbocycles. The van der Waals surface area contributed by atoms with Crippen LogP contribution in [0.25, 0.3) is 0 Å². The number of nitrogens with zero attached hydrogens (tertiary/aromatic N) is 1. The van der Waals surface area contributed by atoms with E-state index in [0.717, 1.165) is 6.42 Å². The molecule has 1 aliphatic carbocycles. The molecular weight excluding hydrogens is 246 g/mol. The third kappa shape index (κ3) is 3.61. The molecule has 0 radical (unpaired) electrons. The van der Waals surface area contributed by atoms with Gasteiger partial charge in [0.2, 0.25) is 0 Å². The molecule has 110 valence electrons. The van der Waals surface area contributed by atoms with Gasteiger partial charge in [-0.15, -0.1) is 0 Å². The second-order valence-corrected chi connectivity index (χ2v) is 6.44. The summed E-state index contributed by atoms with van der Waals surface area (Å²) in [6.07, 6.45) is 1.38. The van der Waals surface area contributed by atoms with E-state index in [0.29, 0.717) is 18.8 Å². The molecule has 0 spiro atoms. The molecule has 19 heavy (non-hydrogen) atoms. The molecule has 1 amide bonds. The predicted octanol–water partition coefficient (Wildman–Crippen LogP) is 2.74. The lowest BCUT2D eigenvalue weighted by molar-refractivity contribution is -0.150. The Bertz CT molecular complexity index is 348. The molecule has 1 fully saturated rings. The first-order chi connectivity index (χ1) is 8.68. The van der Waals surface area contributed by atoms with Crippen LogP contribution in [-0.4, -0.2) is 40.8 Å². The monoisotopic (exact) mass is 271 g/mol. The normalized spacial score (nSPS) is 27.7. The van der Waals surface area contributed by atoms with Gasteiger partial charge in [0.05, 0.1) is 13.0 Å². The third-order valence-electron chi connectivity index (χ3n) is 3.84. The molecule has 3 unspecified atom stereocenters. The summed E-state index contributed by atoms with van der Waals surface area (Å²) >= 11 is 0. The molecule has 0 aromatic heterocycles. The molecular formula is C14H25NO4. The Morgan fingerprint density at radius 2 is 1.84 bits per heavy atom. The maximum absolute atomic E-state index is 11.9. The number of hydrogen-bond donors (Lipinski definition) is 1. The largest absolute Gasteiger partial charge is 0.469 e. The van der Waals surface area contributed by atoms with E-state index in [2.05, 4.69) is 6.92 Å². The van der Waals surface area contributed by atoms with Crippen molar-refractivity contribution in [2.75, 3.05) is 7.11 Å². The fourth-order valence-corrected chi connectivity index (χ4v) is 3.00. The van der Waals surface area contributed by atoms with Crippen LogP contribution >= 0.6 is 0 Å². The smallest absolute Gasteiger partial charge is 0.408 e. The summed E-state index contributed by atoms with van der Waals surface area (Å²) in [4.78, 5) is 24.9. The first kappa shape index (κ1) is 15.8. The minimum absolute atomic E-state index is 0.291. The summed E-state index contributed by atoms with van der Waals surface area (Å²) in [5, 5.41) is 9.47. The summed E-state index contributed by atoms with van der Waals surface area (Å²) in [5.41, 5.74) is -0.524. The minimum Gasteiger partial charge on any atom is -0.469 e. The fraction of sp³-hybridized carbons (Fsp3) is 0.857. The van der Waals surface area contributed by atoms with Crippen LogP contribution in [0.2, 0.25) is 0 Å². The van der Waals surface area contributed by atoms with E-state index in [1.165, 1.54) is 12.0 Å². The highest BCUT2D eigenvalue weighted by Gasteiger charge is 2.43. The number of carbonyl (C=O) groups is 2. The summed E-state index contributed by atoms with van der Waals surface area (Å²) in [5.74, 6) is -0.230. The molecule has 0 saturated heterocycles. The molecule has 5 nitrogen and oxygen atoms in total. The molecule has 3 atom stereocenters. The van der Waals surface area contributed by atoms with Crippen molar-refractivity contribution < 1.29 is 19.4 Å². The lowest BCUT2D eigenvalue weighted by Gasteiger charge is -2.45. The average molecular weight is 271 g/mol. The van der Waals surface area contributed by atoms with Crippen molar-refractivity contribution >= 4 is 12.1 Å². The van der Waals surface area contributed by atoms with E-state index in [1.807, 2.05) is 20.8 Å². The molecule has 0 bridgehead atoms. The van der Waals surface area contributed by atoms with Crippen molar-refractivity contribution in [1.82, 2.24) is 4.90 Å². The fourth-order valence-electron chi connectivity index (χ4n) is 3.00. The lowest BCUT2D eigenvalue weighted by Crippen LogP contribution is -2.56. The van der Waals surface area contributed by atoms with Gasteiger partial charge in [-0.3, -0.25) is 9.69 Å². The number of carboxylic acid groups (broad SMARTS) is 1. The van der Waals surface area contributed by atoms with Gasteiger partial charge in [0.25, 0.3) is 0 Å². The Kier molecular flexibility index (Phi) is 4.82. The van der Waals surface area contributed by atoms with Gasteiger partial charge in [-0.1, -0.05) is 6.92 Å². The van der Waals surface area contributed by atoms with Crippen molar-refractivity contribution in [1.29, 1.82) is 0 Å². The van der Waals surface area contributed by atoms with Crippen molar-refractivity contribution in [3.05, 3.63) is 0 Å². The number of esters is 1. The van der Waals surface area contributed by atoms with Crippen molar-refractivity contribution in [3.8, 4) is 0 Å². The molecule has 1 N–H and O–H groups in total. The van der Waals surface area contributed by atoms with Crippen LogP contribution in [0.3, 0.4) is 0 Å². The topological polar surface area (TPSA) is 66.8 Å². The predicted molar refractivity (Wildman–Crippen MR) is 71.9 cm³/mol. The summed E-state index contributed by atoms with van der Waals surface area (Å²) < 4.78 is 4.85. The van der Waals surface area contributed by atoms with Crippen molar-refractivity contribution in [2.24, 2.45) is 11.8 Å². The standard InChI is InChI=1S/C14H25NO4/c1-9-6-7-11(10(8-9)12(16)19-5)15(13(17)18)14(2,3)4/h9-11H,6-8H2,1-5H3,(H,17,18). The van der Waals surface area contributed by atoms with E-state index < -0.39 is 11.6 Å². The van der Waals surface area contributed by atoms with Gasteiger partial charge in [0.15, 0.2) is 0 Å². The highest BCUT2D eigenvalue weighted by molar-refractivity contribution is 5.75. The second kappa shape index (κ2) is 5.80. The Hall–Kier alpha value is -1.26. The van der Waals surface area contributed by atoms with Gasteiger partial charge in [0.1, 0.15) is 0 Å². The van der Waals surface area contributed by atoms with E-state index in [-0.39, 0.29) is 17.9 Å². The third-order valence-corrected chi connectivity index (χ3v) is 3.84. The summed E-state index contributed by atoms with van der Waals surface area (Å²) in [6.45, 7) is 7.66. The number of rotatable bonds is 2. The van der Waals surface area contributed by atoms with Crippen LogP contribution in [0, 0.1) is 11.8 Å². The number of ether oxygens (including phenoxy) is 1. The molecule has 0 aromatic rings. The van der Waals surface area contributed by atoms with E-state index in [9.17, 15) is 14.7 Å².